The quantitative estimate of drug-likeness (QED) is 0.503. The van der Waals surface area contributed by atoms with Crippen LogP contribution in [-0.4, -0.2) is 11.3 Å². The van der Waals surface area contributed by atoms with E-state index >= 15 is 0 Å². The largest absolute Gasteiger partial charge is 0.438 e. The maximum absolute atomic E-state index is 9.89. The van der Waals surface area contributed by atoms with Gasteiger partial charge in [-0.2, -0.15) is 0 Å². The molecule has 0 atom stereocenters. The number of carbonyl (C=O) groups is 1. The number of oxazole rings is 1. The zero-order valence-electron chi connectivity index (χ0n) is 4.42. The van der Waals surface area contributed by atoms with E-state index in [0.717, 1.165) is 0 Å². The molecule has 3 heteroatoms. The second kappa shape index (κ2) is 1.78. The summed E-state index contributed by atoms with van der Waals surface area (Å²) in [7, 11) is 0. The molecule has 0 bridgehead atoms. The molecule has 1 aromatic rings. The fourth-order valence-corrected chi connectivity index (χ4v) is 0.432. The Hall–Kier alpha value is -1.12. The summed E-state index contributed by atoms with van der Waals surface area (Å²) in [6, 6.07) is 0. The highest BCUT2D eigenvalue weighted by molar-refractivity contribution is 5.69. The first-order chi connectivity index (χ1) is 3.83. The van der Waals surface area contributed by atoms with Gasteiger partial charge in [-0.3, -0.25) is 4.79 Å². The molecule has 0 aliphatic heterocycles. The van der Waals surface area contributed by atoms with Crippen molar-refractivity contribution in [2.75, 3.05) is 0 Å². The van der Waals surface area contributed by atoms with Gasteiger partial charge in [-0.15, -0.1) is 0 Å². The van der Waals surface area contributed by atoms with E-state index in [-0.39, 0.29) is 5.76 Å². The third-order valence-corrected chi connectivity index (χ3v) is 0.755. The van der Waals surface area contributed by atoms with Gasteiger partial charge in [0.25, 0.3) is 0 Å². The van der Waals surface area contributed by atoms with Crippen LogP contribution >= 0.6 is 0 Å². The first kappa shape index (κ1) is 5.03. The second-order valence-corrected chi connectivity index (χ2v) is 1.40. The van der Waals surface area contributed by atoms with Gasteiger partial charge in [-0.05, 0) is 0 Å². The van der Waals surface area contributed by atoms with E-state index in [2.05, 4.69) is 4.98 Å². The summed E-state index contributed by atoms with van der Waals surface area (Å²) < 4.78 is 4.75. The summed E-state index contributed by atoms with van der Waals surface area (Å²) in [6.45, 7) is 1.69. The summed E-state index contributed by atoms with van der Waals surface area (Å²) in [4.78, 5) is 13.6. The van der Waals surface area contributed by atoms with Crippen LogP contribution < -0.4 is 0 Å². The topological polar surface area (TPSA) is 43.1 Å². The highest BCUT2D eigenvalue weighted by Gasteiger charge is 1.93. The Morgan fingerprint density at radius 2 is 2.62 bits per heavy atom. The minimum atomic E-state index is 0.280. The van der Waals surface area contributed by atoms with Gasteiger partial charge in [0.15, 0.2) is 17.9 Å². The van der Waals surface area contributed by atoms with Crippen LogP contribution in [0.2, 0.25) is 0 Å². The van der Waals surface area contributed by atoms with Crippen LogP contribution in [0.25, 0.3) is 0 Å². The van der Waals surface area contributed by atoms with Crippen LogP contribution in [0.5, 0.6) is 0 Å². The number of hydrogen-bond acceptors (Lipinski definition) is 3. The van der Waals surface area contributed by atoms with E-state index in [4.69, 9.17) is 4.42 Å². The molecule has 0 saturated heterocycles. The summed E-state index contributed by atoms with van der Waals surface area (Å²) in [5, 5.41) is 0. The van der Waals surface area contributed by atoms with Gasteiger partial charge in [0.2, 0.25) is 0 Å². The molecule has 0 unspecified atom stereocenters. The van der Waals surface area contributed by atoms with Crippen molar-refractivity contribution in [3.05, 3.63) is 17.8 Å². The van der Waals surface area contributed by atoms with Gasteiger partial charge in [0.1, 0.15) is 0 Å². The molecule has 42 valence electrons. The smallest absolute Gasteiger partial charge is 0.191 e. The fourth-order valence-electron chi connectivity index (χ4n) is 0.432. The lowest BCUT2D eigenvalue weighted by atomic mass is 10.6. The molecule has 1 heterocycles. The minimum Gasteiger partial charge on any atom is -0.438 e. The molecule has 1 rings (SSSR count). The third-order valence-electron chi connectivity index (χ3n) is 0.755. The lowest BCUT2D eigenvalue weighted by Crippen LogP contribution is -1.66. The van der Waals surface area contributed by atoms with Crippen molar-refractivity contribution in [1.82, 2.24) is 4.98 Å². The van der Waals surface area contributed by atoms with Gasteiger partial charge in [-0.25, -0.2) is 4.98 Å². The molecule has 1 aromatic heterocycles. The van der Waals surface area contributed by atoms with Crippen molar-refractivity contribution in [1.29, 1.82) is 0 Å². The summed E-state index contributed by atoms with van der Waals surface area (Å²) in [6.07, 6.45) is 2.02. The number of rotatable bonds is 1. The average Bonchev–Trinajstić information content (AvgIpc) is 2.14. The molecule has 0 aliphatic carbocycles. The van der Waals surface area contributed by atoms with E-state index in [1.807, 2.05) is 0 Å². The zero-order chi connectivity index (χ0) is 5.98. The Morgan fingerprint density at radius 1 is 1.88 bits per heavy atom. The minimum absolute atomic E-state index is 0.280. The molecular formula is C5H5NO2. The average molecular weight is 111 g/mol. The highest BCUT2D eigenvalue weighted by Crippen LogP contribution is 1.96. The lowest BCUT2D eigenvalue weighted by Gasteiger charge is -1.73. The summed E-state index contributed by atoms with van der Waals surface area (Å²) in [5.74, 6) is 0.801. The van der Waals surface area contributed by atoms with E-state index in [1.54, 1.807) is 6.92 Å². The Bertz CT molecular complexity index is 192. The number of nitrogens with zero attached hydrogens (tertiary/aromatic N) is 1. The Morgan fingerprint density at radius 3 is 2.88 bits per heavy atom. The number of hydrogen-bond donors (Lipinski definition) is 0. The van der Waals surface area contributed by atoms with E-state index < -0.39 is 0 Å². The normalized spacial score (nSPS) is 9.12. The number of aromatic nitrogens is 1. The standard InChI is InChI=1S/C5H5NO2/c1-4-6-2-5(3-7)8-4/h2-3H,1H3. The first-order valence-electron chi connectivity index (χ1n) is 2.20. The van der Waals surface area contributed by atoms with Crippen molar-refractivity contribution in [3.8, 4) is 0 Å². The molecule has 3 nitrogen and oxygen atoms in total. The zero-order valence-corrected chi connectivity index (χ0v) is 4.42. The fraction of sp³-hybridized carbons (Fsp3) is 0.200. The number of carbonyl (C=O) groups excluding carboxylic acids is 1. The molecule has 8 heavy (non-hydrogen) atoms. The van der Waals surface area contributed by atoms with Crippen LogP contribution in [0.3, 0.4) is 0 Å². The SMILES string of the molecule is Cc1ncc(C=O)o1. The predicted molar refractivity (Wildman–Crippen MR) is 26.6 cm³/mol. The van der Waals surface area contributed by atoms with Gasteiger partial charge in [0.05, 0.1) is 6.20 Å². The van der Waals surface area contributed by atoms with Crippen LogP contribution in [0.1, 0.15) is 16.4 Å². The maximum atomic E-state index is 9.89. The predicted octanol–water partition coefficient (Wildman–Crippen LogP) is 0.796. The van der Waals surface area contributed by atoms with Gasteiger partial charge >= 0.3 is 0 Å². The van der Waals surface area contributed by atoms with Crippen molar-refractivity contribution in [2.45, 2.75) is 6.92 Å². The summed E-state index contributed by atoms with van der Waals surface area (Å²) >= 11 is 0. The van der Waals surface area contributed by atoms with Crippen molar-refractivity contribution >= 4 is 6.29 Å². The lowest BCUT2D eigenvalue weighted by molar-refractivity contribution is 0.109. The first-order valence-corrected chi connectivity index (χ1v) is 2.20. The molecule has 0 spiro atoms. The molecule has 0 saturated carbocycles. The van der Waals surface area contributed by atoms with Crippen molar-refractivity contribution in [3.63, 3.8) is 0 Å². The van der Waals surface area contributed by atoms with Crippen LogP contribution in [0.15, 0.2) is 10.6 Å². The Kier molecular flexibility index (Phi) is 1.12. The summed E-state index contributed by atoms with van der Waals surface area (Å²) in [5.41, 5.74) is 0. The monoisotopic (exact) mass is 111 g/mol. The van der Waals surface area contributed by atoms with Gasteiger partial charge < -0.3 is 4.42 Å². The number of aldehydes is 1. The third kappa shape index (κ3) is 0.753. The van der Waals surface area contributed by atoms with Gasteiger partial charge in [0, 0.05) is 6.92 Å². The maximum Gasteiger partial charge on any atom is 0.191 e. The van der Waals surface area contributed by atoms with E-state index in [1.165, 1.54) is 6.20 Å². The molecule has 0 fully saturated rings. The van der Waals surface area contributed by atoms with Crippen molar-refractivity contribution < 1.29 is 9.21 Å². The van der Waals surface area contributed by atoms with Crippen LogP contribution in [0.4, 0.5) is 0 Å². The molecule has 0 aromatic carbocycles. The molecule has 0 aliphatic rings. The van der Waals surface area contributed by atoms with Crippen LogP contribution in [0, 0.1) is 6.92 Å². The second-order valence-electron chi connectivity index (χ2n) is 1.40. The molecular weight excluding hydrogens is 106 g/mol. The highest BCUT2D eigenvalue weighted by atomic mass is 16.4. The molecule has 0 radical (unpaired) electrons. The van der Waals surface area contributed by atoms with E-state index in [9.17, 15) is 4.79 Å². The Labute approximate surface area is 46.3 Å². The van der Waals surface area contributed by atoms with Crippen LogP contribution in [-0.2, 0) is 0 Å². The molecule has 0 amide bonds. The van der Waals surface area contributed by atoms with Crippen molar-refractivity contribution in [2.24, 2.45) is 0 Å². The Balaban J connectivity index is 3.00. The van der Waals surface area contributed by atoms with Gasteiger partial charge in [-0.1, -0.05) is 0 Å². The van der Waals surface area contributed by atoms with E-state index in [0.29, 0.717) is 12.2 Å². The molecule has 0 N–H and O–H groups in total. The number of aryl methyl sites for hydroxylation is 1.